The molecule has 7 nitrogen and oxygen atoms in total. The van der Waals surface area contributed by atoms with Gasteiger partial charge in [-0.3, -0.25) is 4.98 Å². The zero-order chi connectivity index (χ0) is 15.9. The Balaban J connectivity index is 1.58. The molecule has 0 aromatic carbocycles. The standard InChI is InChI=1S/C16H22N6O/c17-14-15(19-7-10-22-8-2-1-3-9-22)20-12-21-16(14)23-13-5-4-6-18-11-13/h4-6,11-12H,1-3,7-10,17H2,(H,19,20,21). The monoisotopic (exact) mass is 314 g/mol. The number of likely N-dealkylation sites (tertiary alicyclic amines) is 1. The Hall–Kier alpha value is -2.41. The minimum atomic E-state index is 0.341. The molecule has 1 aliphatic heterocycles. The van der Waals surface area contributed by atoms with Crippen LogP contribution in [-0.2, 0) is 0 Å². The van der Waals surface area contributed by atoms with Gasteiger partial charge in [-0.1, -0.05) is 6.42 Å². The number of nitrogens with two attached hydrogens (primary N) is 1. The summed E-state index contributed by atoms with van der Waals surface area (Å²) in [5.74, 6) is 1.54. The predicted molar refractivity (Wildman–Crippen MR) is 89.5 cm³/mol. The lowest BCUT2D eigenvalue weighted by atomic mass is 10.1. The van der Waals surface area contributed by atoms with E-state index in [1.165, 1.54) is 38.7 Å². The van der Waals surface area contributed by atoms with E-state index in [2.05, 4.69) is 25.2 Å². The van der Waals surface area contributed by atoms with E-state index >= 15 is 0 Å². The van der Waals surface area contributed by atoms with Crippen molar-refractivity contribution in [2.75, 3.05) is 37.2 Å². The number of anilines is 2. The smallest absolute Gasteiger partial charge is 0.248 e. The molecule has 0 radical (unpaired) electrons. The maximum Gasteiger partial charge on any atom is 0.248 e. The van der Waals surface area contributed by atoms with Crippen LogP contribution in [0.5, 0.6) is 11.6 Å². The molecule has 0 saturated carbocycles. The molecule has 2 aromatic rings. The highest BCUT2D eigenvalue weighted by molar-refractivity contribution is 5.66. The fraction of sp³-hybridized carbons (Fsp3) is 0.438. The van der Waals surface area contributed by atoms with E-state index in [4.69, 9.17) is 10.5 Å². The molecule has 0 bridgehead atoms. The van der Waals surface area contributed by atoms with Crippen LogP contribution in [-0.4, -0.2) is 46.0 Å². The van der Waals surface area contributed by atoms with Gasteiger partial charge in [0.2, 0.25) is 5.88 Å². The van der Waals surface area contributed by atoms with Crippen molar-refractivity contribution in [3.05, 3.63) is 30.9 Å². The molecule has 1 fully saturated rings. The zero-order valence-electron chi connectivity index (χ0n) is 13.1. The molecule has 0 atom stereocenters. The highest BCUT2D eigenvalue weighted by Crippen LogP contribution is 2.28. The van der Waals surface area contributed by atoms with Gasteiger partial charge in [0.05, 0.1) is 6.20 Å². The molecule has 3 heterocycles. The summed E-state index contributed by atoms with van der Waals surface area (Å²) < 4.78 is 5.66. The van der Waals surface area contributed by atoms with Gasteiger partial charge >= 0.3 is 0 Å². The van der Waals surface area contributed by atoms with Crippen molar-refractivity contribution in [2.45, 2.75) is 19.3 Å². The topological polar surface area (TPSA) is 89.2 Å². The Bertz CT molecular complexity index is 615. The van der Waals surface area contributed by atoms with Crippen LogP contribution in [0.4, 0.5) is 11.5 Å². The van der Waals surface area contributed by atoms with Crippen molar-refractivity contribution in [3.8, 4) is 11.6 Å². The summed E-state index contributed by atoms with van der Waals surface area (Å²) in [5, 5.41) is 3.27. The first-order chi connectivity index (χ1) is 11.3. The van der Waals surface area contributed by atoms with Crippen molar-refractivity contribution >= 4 is 11.5 Å². The first-order valence-electron chi connectivity index (χ1n) is 7.97. The van der Waals surface area contributed by atoms with Gasteiger partial charge in [0, 0.05) is 19.3 Å². The molecule has 2 aromatic heterocycles. The predicted octanol–water partition coefficient (Wildman–Crippen LogP) is 2.14. The molecule has 0 spiro atoms. The normalized spacial score (nSPS) is 15.3. The van der Waals surface area contributed by atoms with Crippen molar-refractivity contribution in [3.63, 3.8) is 0 Å². The molecule has 7 heteroatoms. The molecule has 0 aliphatic carbocycles. The average Bonchev–Trinajstić information content (AvgIpc) is 2.60. The Morgan fingerprint density at radius 3 is 2.87 bits per heavy atom. The molecule has 1 aliphatic rings. The second kappa shape index (κ2) is 7.73. The molecular weight excluding hydrogens is 292 g/mol. The molecule has 122 valence electrons. The number of nitrogens with one attached hydrogen (secondary N) is 1. The first kappa shape index (κ1) is 15.5. The lowest BCUT2D eigenvalue weighted by Crippen LogP contribution is -2.33. The number of hydrogen-bond donors (Lipinski definition) is 2. The number of aromatic nitrogens is 3. The number of pyridine rings is 1. The van der Waals surface area contributed by atoms with Crippen LogP contribution < -0.4 is 15.8 Å². The molecule has 1 saturated heterocycles. The van der Waals surface area contributed by atoms with Crippen molar-refractivity contribution in [2.24, 2.45) is 0 Å². The quantitative estimate of drug-likeness (QED) is 0.844. The highest BCUT2D eigenvalue weighted by Gasteiger charge is 2.12. The van der Waals surface area contributed by atoms with Gasteiger partial charge in [0.25, 0.3) is 0 Å². The Kier molecular flexibility index (Phi) is 5.21. The van der Waals surface area contributed by atoms with Crippen molar-refractivity contribution in [1.29, 1.82) is 0 Å². The first-order valence-corrected chi connectivity index (χ1v) is 7.97. The molecule has 3 N–H and O–H groups in total. The largest absolute Gasteiger partial charge is 0.435 e. The number of nitrogens with zero attached hydrogens (tertiary/aromatic N) is 4. The number of nitrogen functional groups attached to an aromatic ring is 1. The van der Waals surface area contributed by atoms with Gasteiger partial charge in [-0.05, 0) is 38.1 Å². The van der Waals surface area contributed by atoms with E-state index in [-0.39, 0.29) is 0 Å². The van der Waals surface area contributed by atoms with E-state index in [1.807, 2.05) is 0 Å². The Morgan fingerprint density at radius 1 is 1.22 bits per heavy atom. The second-order valence-corrected chi connectivity index (χ2v) is 5.56. The van der Waals surface area contributed by atoms with Gasteiger partial charge in [-0.25, -0.2) is 4.98 Å². The lowest BCUT2D eigenvalue weighted by Gasteiger charge is -2.26. The van der Waals surface area contributed by atoms with Crippen LogP contribution in [0.2, 0.25) is 0 Å². The fourth-order valence-corrected chi connectivity index (χ4v) is 2.64. The van der Waals surface area contributed by atoms with Gasteiger partial charge in [0.15, 0.2) is 5.82 Å². The lowest BCUT2D eigenvalue weighted by molar-refractivity contribution is 0.237. The molecular formula is C16H22N6O. The van der Waals surface area contributed by atoms with Crippen LogP contribution in [0.25, 0.3) is 0 Å². The third-order valence-electron chi connectivity index (χ3n) is 3.87. The maximum atomic E-state index is 6.10. The molecule has 0 amide bonds. The van der Waals surface area contributed by atoms with Crippen LogP contribution in [0.15, 0.2) is 30.9 Å². The van der Waals surface area contributed by atoms with Crippen molar-refractivity contribution in [1.82, 2.24) is 19.9 Å². The summed E-state index contributed by atoms with van der Waals surface area (Å²) >= 11 is 0. The molecule has 3 rings (SSSR count). The van der Waals surface area contributed by atoms with E-state index in [9.17, 15) is 0 Å². The summed E-state index contributed by atoms with van der Waals surface area (Å²) in [6.07, 6.45) is 8.68. The van der Waals surface area contributed by atoms with Crippen LogP contribution in [0.1, 0.15) is 19.3 Å². The third kappa shape index (κ3) is 4.29. The minimum Gasteiger partial charge on any atom is -0.435 e. The van der Waals surface area contributed by atoms with E-state index in [0.29, 0.717) is 23.1 Å². The Labute approximate surface area is 135 Å². The number of rotatable bonds is 6. The molecule has 23 heavy (non-hydrogen) atoms. The van der Waals surface area contributed by atoms with Gasteiger partial charge in [-0.2, -0.15) is 4.98 Å². The second-order valence-electron chi connectivity index (χ2n) is 5.56. The number of hydrogen-bond acceptors (Lipinski definition) is 7. The molecule has 0 unspecified atom stereocenters. The zero-order valence-corrected chi connectivity index (χ0v) is 13.1. The van der Waals surface area contributed by atoms with Gasteiger partial charge < -0.3 is 20.7 Å². The summed E-state index contributed by atoms with van der Waals surface area (Å²) in [5.41, 5.74) is 6.52. The average molecular weight is 314 g/mol. The van der Waals surface area contributed by atoms with E-state index in [0.717, 1.165) is 13.1 Å². The highest BCUT2D eigenvalue weighted by atomic mass is 16.5. The van der Waals surface area contributed by atoms with Crippen LogP contribution in [0, 0.1) is 0 Å². The van der Waals surface area contributed by atoms with Crippen LogP contribution in [0.3, 0.4) is 0 Å². The van der Waals surface area contributed by atoms with Crippen LogP contribution >= 0.6 is 0 Å². The number of piperidine rings is 1. The SMILES string of the molecule is Nc1c(NCCN2CCCCC2)ncnc1Oc1cccnc1. The Morgan fingerprint density at radius 2 is 2.09 bits per heavy atom. The summed E-state index contributed by atoms with van der Waals surface area (Å²) in [4.78, 5) is 14.8. The maximum absolute atomic E-state index is 6.10. The van der Waals surface area contributed by atoms with E-state index in [1.54, 1.807) is 24.5 Å². The van der Waals surface area contributed by atoms with Crippen molar-refractivity contribution < 1.29 is 4.74 Å². The van der Waals surface area contributed by atoms with E-state index < -0.39 is 0 Å². The van der Waals surface area contributed by atoms with Gasteiger partial charge in [0.1, 0.15) is 17.8 Å². The minimum absolute atomic E-state index is 0.341. The fourth-order valence-electron chi connectivity index (χ4n) is 2.64. The summed E-state index contributed by atoms with van der Waals surface area (Å²) in [6.45, 7) is 4.14. The number of ether oxygens (including phenoxy) is 1. The van der Waals surface area contributed by atoms with Gasteiger partial charge in [-0.15, -0.1) is 0 Å². The third-order valence-corrected chi connectivity index (χ3v) is 3.87. The summed E-state index contributed by atoms with van der Waals surface area (Å²) in [7, 11) is 0. The summed E-state index contributed by atoms with van der Waals surface area (Å²) in [6, 6.07) is 3.60.